The van der Waals surface area contributed by atoms with E-state index in [1.54, 1.807) is 6.07 Å². The number of nitrogens with zero attached hydrogens (tertiary/aromatic N) is 2. The van der Waals surface area contributed by atoms with Crippen molar-refractivity contribution in [3.8, 4) is 0 Å². The summed E-state index contributed by atoms with van der Waals surface area (Å²) in [5.41, 5.74) is -0.889. The van der Waals surface area contributed by atoms with Crippen molar-refractivity contribution < 1.29 is 18.0 Å². The van der Waals surface area contributed by atoms with E-state index in [1.165, 1.54) is 24.5 Å². The molecule has 0 bridgehead atoms. The highest BCUT2D eigenvalue weighted by Crippen LogP contribution is 2.38. The van der Waals surface area contributed by atoms with Crippen molar-refractivity contribution >= 4 is 18.0 Å². The molecule has 1 aromatic heterocycles. The molecule has 1 heterocycles. The van der Waals surface area contributed by atoms with E-state index < -0.39 is 11.7 Å². The zero-order valence-corrected chi connectivity index (χ0v) is 10.2. The number of rotatable bonds is 3. The van der Waals surface area contributed by atoms with Gasteiger partial charge in [0, 0.05) is 22.9 Å². The van der Waals surface area contributed by atoms with Gasteiger partial charge in [-0.05, 0) is 30.0 Å². The molecule has 98 valence electrons. The maximum atomic E-state index is 12.9. The maximum absolute atomic E-state index is 12.9. The van der Waals surface area contributed by atoms with Gasteiger partial charge < -0.3 is 0 Å². The van der Waals surface area contributed by atoms with Crippen LogP contribution in [0.1, 0.15) is 15.9 Å². The largest absolute Gasteiger partial charge is 0.417 e. The molecule has 2 aromatic rings. The number of halogens is 3. The highest BCUT2D eigenvalue weighted by Gasteiger charge is 2.34. The molecule has 0 fully saturated rings. The summed E-state index contributed by atoms with van der Waals surface area (Å²) in [7, 11) is 0. The molecule has 0 N–H and O–H groups in total. The minimum Gasteiger partial charge on any atom is -0.298 e. The Morgan fingerprint density at radius 2 is 1.84 bits per heavy atom. The van der Waals surface area contributed by atoms with Crippen LogP contribution in [0.2, 0.25) is 0 Å². The molecule has 0 aliphatic carbocycles. The SMILES string of the molecule is O=Cc1ccc(Sc2ncccn2)c(C(F)(F)F)c1. The Balaban J connectivity index is 2.42. The number of alkyl halides is 3. The molecule has 0 aliphatic rings. The van der Waals surface area contributed by atoms with Gasteiger partial charge in [-0.2, -0.15) is 13.2 Å². The summed E-state index contributed by atoms with van der Waals surface area (Å²) in [6.45, 7) is 0. The third-order valence-electron chi connectivity index (χ3n) is 2.19. The van der Waals surface area contributed by atoms with Gasteiger partial charge in [-0.1, -0.05) is 6.07 Å². The average molecular weight is 284 g/mol. The predicted octanol–water partition coefficient (Wildman–Crippen LogP) is 3.46. The molecule has 7 heteroatoms. The second-order valence-electron chi connectivity index (χ2n) is 3.50. The molecule has 0 saturated heterocycles. The van der Waals surface area contributed by atoms with Gasteiger partial charge >= 0.3 is 6.18 Å². The average Bonchev–Trinajstić information content (AvgIpc) is 2.39. The summed E-state index contributed by atoms with van der Waals surface area (Å²) in [4.78, 5) is 18.2. The molecule has 1 aromatic carbocycles. The van der Waals surface area contributed by atoms with Crippen molar-refractivity contribution in [3.63, 3.8) is 0 Å². The van der Waals surface area contributed by atoms with Gasteiger partial charge in [-0.25, -0.2) is 9.97 Å². The van der Waals surface area contributed by atoms with Crippen molar-refractivity contribution in [1.82, 2.24) is 9.97 Å². The Kier molecular flexibility index (Phi) is 3.84. The third-order valence-corrected chi connectivity index (χ3v) is 3.16. The lowest BCUT2D eigenvalue weighted by Crippen LogP contribution is -2.07. The summed E-state index contributed by atoms with van der Waals surface area (Å²) in [5, 5.41) is 0.215. The highest BCUT2D eigenvalue weighted by atomic mass is 32.2. The van der Waals surface area contributed by atoms with E-state index in [0.717, 1.165) is 17.8 Å². The molecular weight excluding hydrogens is 277 g/mol. The topological polar surface area (TPSA) is 42.9 Å². The van der Waals surface area contributed by atoms with Gasteiger partial charge in [-0.15, -0.1) is 0 Å². The lowest BCUT2D eigenvalue weighted by atomic mass is 10.1. The maximum Gasteiger partial charge on any atom is 0.417 e. The highest BCUT2D eigenvalue weighted by molar-refractivity contribution is 7.99. The van der Waals surface area contributed by atoms with Crippen molar-refractivity contribution in [2.75, 3.05) is 0 Å². The van der Waals surface area contributed by atoms with Crippen LogP contribution >= 0.6 is 11.8 Å². The number of carbonyl (C=O) groups excluding carboxylic acids is 1. The van der Waals surface area contributed by atoms with Gasteiger partial charge in [0.15, 0.2) is 5.16 Å². The van der Waals surface area contributed by atoms with Crippen molar-refractivity contribution in [2.45, 2.75) is 16.2 Å². The van der Waals surface area contributed by atoms with Crippen LogP contribution in [-0.2, 0) is 6.18 Å². The van der Waals surface area contributed by atoms with E-state index in [9.17, 15) is 18.0 Å². The first kappa shape index (κ1) is 13.5. The molecule has 0 amide bonds. The first-order valence-electron chi connectivity index (χ1n) is 5.12. The van der Waals surface area contributed by atoms with E-state index in [2.05, 4.69) is 9.97 Å². The lowest BCUT2D eigenvalue weighted by Gasteiger charge is -2.12. The van der Waals surface area contributed by atoms with Crippen LogP contribution in [0.3, 0.4) is 0 Å². The summed E-state index contributed by atoms with van der Waals surface area (Å²) < 4.78 is 38.7. The van der Waals surface area contributed by atoms with Gasteiger partial charge in [0.1, 0.15) is 6.29 Å². The minimum absolute atomic E-state index is 0.0225. The van der Waals surface area contributed by atoms with Gasteiger partial charge in [0.25, 0.3) is 0 Å². The van der Waals surface area contributed by atoms with Crippen LogP contribution in [0.5, 0.6) is 0 Å². The smallest absolute Gasteiger partial charge is 0.298 e. The number of hydrogen-bond acceptors (Lipinski definition) is 4. The van der Waals surface area contributed by atoms with Gasteiger partial charge in [0.05, 0.1) is 5.56 Å². The fourth-order valence-electron chi connectivity index (χ4n) is 1.37. The summed E-state index contributed by atoms with van der Waals surface area (Å²) in [5.74, 6) is 0. The van der Waals surface area contributed by atoms with E-state index in [1.807, 2.05) is 0 Å². The molecule has 0 saturated carbocycles. The monoisotopic (exact) mass is 284 g/mol. The first-order chi connectivity index (χ1) is 9.00. The predicted molar refractivity (Wildman–Crippen MR) is 63.0 cm³/mol. The van der Waals surface area contributed by atoms with Gasteiger partial charge in [-0.3, -0.25) is 4.79 Å². The third kappa shape index (κ3) is 3.31. The number of carbonyl (C=O) groups is 1. The van der Waals surface area contributed by atoms with Crippen LogP contribution in [-0.4, -0.2) is 16.3 Å². The van der Waals surface area contributed by atoms with E-state index in [-0.39, 0.29) is 15.6 Å². The van der Waals surface area contributed by atoms with E-state index in [0.29, 0.717) is 6.29 Å². The molecular formula is C12H7F3N2OS. The van der Waals surface area contributed by atoms with E-state index in [4.69, 9.17) is 0 Å². The Bertz CT molecular complexity index is 587. The minimum atomic E-state index is -4.53. The van der Waals surface area contributed by atoms with Crippen molar-refractivity contribution in [1.29, 1.82) is 0 Å². The van der Waals surface area contributed by atoms with Crippen molar-refractivity contribution in [3.05, 3.63) is 47.8 Å². The number of aldehydes is 1. The molecule has 0 aliphatic heterocycles. The molecule has 0 radical (unpaired) electrons. The second kappa shape index (κ2) is 5.40. The first-order valence-corrected chi connectivity index (χ1v) is 5.93. The molecule has 0 spiro atoms. The molecule has 2 rings (SSSR count). The summed E-state index contributed by atoms with van der Waals surface area (Å²) in [6.07, 6.45) is -1.26. The number of hydrogen-bond donors (Lipinski definition) is 0. The fourth-order valence-corrected chi connectivity index (χ4v) is 2.21. The van der Waals surface area contributed by atoms with Gasteiger partial charge in [0.2, 0.25) is 0 Å². The Morgan fingerprint density at radius 3 is 2.42 bits per heavy atom. The number of benzene rings is 1. The van der Waals surface area contributed by atoms with Crippen molar-refractivity contribution in [2.24, 2.45) is 0 Å². The molecule has 0 atom stereocenters. The van der Waals surface area contributed by atoms with Crippen LogP contribution in [0.4, 0.5) is 13.2 Å². The molecule has 3 nitrogen and oxygen atoms in total. The van der Waals surface area contributed by atoms with Crippen LogP contribution in [0.25, 0.3) is 0 Å². The lowest BCUT2D eigenvalue weighted by molar-refractivity contribution is -0.139. The molecule has 0 unspecified atom stereocenters. The van der Waals surface area contributed by atoms with Crippen LogP contribution in [0, 0.1) is 0 Å². The zero-order valence-electron chi connectivity index (χ0n) is 9.39. The fraction of sp³-hybridized carbons (Fsp3) is 0.0833. The Labute approximate surface area is 110 Å². The standard InChI is InChI=1S/C12H7F3N2OS/c13-12(14,15)9-6-8(7-18)2-3-10(9)19-11-16-4-1-5-17-11/h1-7H. The quantitative estimate of drug-likeness (QED) is 0.639. The van der Waals surface area contributed by atoms with Crippen LogP contribution in [0.15, 0.2) is 46.7 Å². The van der Waals surface area contributed by atoms with E-state index >= 15 is 0 Å². The number of aromatic nitrogens is 2. The summed E-state index contributed by atoms with van der Waals surface area (Å²) in [6, 6.07) is 4.96. The summed E-state index contributed by atoms with van der Waals surface area (Å²) >= 11 is 0.802. The van der Waals surface area contributed by atoms with Crippen LogP contribution < -0.4 is 0 Å². The zero-order chi connectivity index (χ0) is 13.9. The Morgan fingerprint density at radius 1 is 1.16 bits per heavy atom. The Hall–Kier alpha value is -1.89. The normalized spacial score (nSPS) is 11.3. The second-order valence-corrected chi connectivity index (χ2v) is 4.51. The molecule has 19 heavy (non-hydrogen) atoms.